The van der Waals surface area contributed by atoms with E-state index in [1.165, 1.54) is 37.4 Å². The number of anilines is 1. The van der Waals surface area contributed by atoms with Crippen LogP contribution in [-0.4, -0.2) is 19.0 Å². The van der Waals surface area contributed by atoms with E-state index in [4.69, 9.17) is 11.6 Å². The monoisotopic (exact) mass is 347 g/mol. The second-order valence-electron chi connectivity index (χ2n) is 5.73. The molecule has 2 aromatic carbocycles. The average Bonchev–Trinajstić information content (AvgIpc) is 3.38. The van der Waals surface area contributed by atoms with E-state index in [0.29, 0.717) is 29.1 Å². The van der Waals surface area contributed by atoms with Crippen molar-refractivity contribution in [3.63, 3.8) is 0 Å². The maximum atomic E-state index is 13.1. The van der Waals surface area contributed by atoms with Gasteiger partial charge in [-0.2, -0.15) is 0 Å². The zero-order chi connectivity index (χ0) is 17.3. The summed E-state index contributed by atoms with van der Waals surface area (Å²) in [5, 5.41) is 3.10. The topological polar surface area (TPSA) is 55.4 Å². The first-order valence-corrected chi connectivity index (χ1v) is 7.79. The predicted molar refractivity (Wildman–Crippen MR) is 88.7 cm³/mol. The number of methoxy groups -OCH3 is 1. The fourth-order valence-corrected chi connectivity index (χ4v) is 2.81. The lowest BCUT2D eigenvalue weighted by Crippen LogP contribution is -2.28. The van der Waals surface area contributed by atoms with Crippen LogP contribution in [0.3, 0.4) is 0 Å². The van der Waals surface area contributed by atoms with Crippen molar-refractivity contribution in [1.82, 2.24) is 0 Å². The highest BCUT2D eigenvalue weighted by Gasteiger charge is 2.51. The van der Waals surface area contributed by atoms with Crippen LogP contribution in [0.15, 0.2) is 42.5 Å². The summed E-state index contributed by atoms with van der Waals surface area (Å²) < 4.78 is 17.8. The first-order chi connectivity index (χ1) is 11.5. The third-order valence-electron chi connectivity index (χ3n) is 4.22. The average molecular weight is 348 g/mol. The lowest BCUT2D eigenvalue weighted by Gasteiger charge is -2.17. The summed E-state index contributed by atoms with van der Waals surface area (Å²) in [6.07, 6.45) is 1.36. The lowest BCUT2D eigenvalue weighted by atomic mass is 9.95. The zero-order valence-corrected chi connectivity index (χ0v) is 13.7. The summed E-state index contributed by atoms with van der Waals surface area (Å²) >= 11 is 6.11. The molecule has 0 heterocycles. The number of benzene rings is 2. The number of carbonyl (C=O) groups is 2. The van der Waals surface area contributed by atoms with E-state index in [2.05, 4.69) is 10.1 Å². The van der Waals surface area contributed by atoms with Gasteiger partial charge in [-0.05, 0) is 48.7 Å². The van der Waals surface area contributed by atoms with E-state index in [9.17, 15) is 14.0 Å². The molecule has 1 aliphatic carbocycles. The largest absolute Gasteiger partial charge is 0.465 e. The molecule has 0 spiro atoms. The molecule has 1 saturated carbocycles. The quantitative estimate of drug-likeness (QED) is 0.852. The molecule has 0 saturated heterocycles. The van der Waals surface area contributed by atoms with Crippen molar-refractivity contribution in [3.05, 3.63) is 64.4 Å². The SMILES string of the molecule is COC(=O)c1ccc(Cl)c(NC(=O)C2(c3ccc(F)cc3)CC2)c1. The Morgan fingerprint density at radius 3 is 2.42 bits per heavy atom. The highest BCUT2D eigenvalue weighted by atomic mass is 35.5. The minimum Gasteiger partial charge on any atom is -0.465 e. The van der Waals surface area contributed by atoms with Gasteiger partial charge < -0.3 is 10.1 Å². The van der Waals surface area contributed by atoms with Crippen molar-refractivity contribution < 1.29 is 18.7 Å². The molecule has 0 atom stereocenters. The van der Waals surface area contributed by atoms with Gasteiger partial charge in [0.2, 0.25) is 5.91 Å². The van der Waals surface area contributed by atoms with Crippen molar-refractivity contribution in [1.29, 1.82) is 0 Å². The Kier molecular flexibility index (Phi) is 4.28. The second kappa shape index (κ2) is 6.24. The summed E-state index contributed by atoms with van der Waals surface area (Å²) in [5.74, 6) is -1.08. The number of hydrogen-bond acceptors (Lipinski definition) is 3. The van der Waals surface area contributed by atoms with Gasteiger partial charge in [-0.1, -0.05) is 23.7 Å². The van der Waals surface area contributed by atoms with Gasteiger partial charge in [0.25, 0.3) is 0 Å². The molecular weight excluding hydrogens is 333 g/mol. The number of halogens is 2. The maximum Gasteiger partial charge on any atom is 0.337 e. The van der Waals surface area contributed by atoms with Gasteiger partial charge in [-0.15, -0.1) is 0 Å². The smallest absolute Gasteiger partial charge is 0.337 e. The van der Waals surface area contributed by atoms with Crippen LogP contribution in [0.2, 0.25) is 5.02 Å². The molecule has 1 aliphatic rings. The number of rotatable bonds is 4. The van der Waals surface area contributed by atoms with Gasteiger partial charge in [-0.3, -0.25) is 4.79 Å². The molecule has 0 unspecified atom stereocenters. The summed E-state index contributed by atoms with van der Waals surface area (Å²) in [5.41, 5.74) is 0.738. The minimum atomic E-state index is -0.668. The number of ether oxygens (including phenoxy) is 1. The van der Waals surface area contributed by atoms with Crippen molar-refractivity contribution >= 4 is 29.2 Å². The van der Waals surface area contributed by atoms with Crippen molar-refractivity contribution in [2.24, 2.45) is 0 Å². The lowest BCUT2D eigenvalue weighted by molar-refractivity contribution is -0.118. The van der Waals surface area contributed by atoms with Crippen molar-refractivity contribution in [2.75, 3.05) is 12.4 Å². The second-order valence-corrected chi connectivity index (χ2v) is 6.14. The Labute approximate surface area is 143 Å². The summed E-state index contributed by atoms with van der Waals surface area (Å²) in [4.78, 5) is 24.3. The first kappa shape index (κ1) is 16.5. The van der Waals surface area contributed by atoms with Gasteiger partial charge in [0.05, 0.1) is 28.8 Å². The highest BCUT2D eigenvalue weighted by molar-refractivity contribution is 6.34. The van der Waals surface area contributed by atoms with E-state index >= 15 is 0 Å². The molecule has 6 heteroatoms. The van der Waals surface area contributed by atoms with Gasteiger partial charge in [0.1, 0.15) is 5.82 Å². The molecule has 24 heavy (non-hydrogen) atoms. The van der Waals surface area contributed by atoms with E-state index in [1.807, 2.05) is 0 Å². The Bertz CT molecular complexity index is 800. The van der Waals surface area contributed by atoms with Gasteiger partial charge >= 0.3 is 5.97 Å². The first-order valence-electron chi connectivity index (χ1n) is 7.42. The molecule has 0 radical (unpaired) electrons. The number of nitrogens with one attached hydrogen (secondary N) is 1. The van der Waals surface area contributed by atoms with Gasteiger partial charge in [-0.25, -0.2) is 9.18 Å². The van der Waals surface area contributed by atoms with Crippen molar-refractivity contribution in [3.8, 4) is 0 Å². The van der Waals surface area contributed by atoms with Gasteiger partial charge in [0.15, 0.2) is 0 Å². The molecular formula is C18H15ClFNO3. The van der Waals surface area contributed by atoms with E-state index in [1.54, 1.807) is 12.1 Å². The minimum absolute atomic E-state index is 0.224. The van der Waals surface area contributed by atoms with Crippen LogP contribution in [0.4, 0.5) is 10.1 Å². The predicted octanol–water partition coefficient (Wildman–Crippen LogP) is 3.94. The summed E-state index contributed by atoms with van der Waals surface area (Å²) in [7, 11) is 1.28. The fraction of sp³-hybridized carbons (Fsp3) is 0.222. The van der Waals surface area contributed by atoms with Crippen LogP contribution in [0.25, 0.3) is 0 Å². The van der Waals surface area contributed by atoms with Crippen LogP contribution >= 0.6 is 11.6 Å². The normalized spacial score (nSPS) is 14.8. The Morgan fingerprint density at radius 2 is 1.83 bits per heavy atom. The van der Waals surface area contributed by atoms with Crippen LogP contribution in [0.1, 0.15) is 28.8 Å². The molecule has 0 bridgehead atoms. The molecule has 3 rings (SSSR count). The standard InChI is InChI=1S/C18H15ClFNO3/c1-24-16(22)11-2-7-14(19)15(10-11)21-17(23)18(8-9-18)12-3-5-13(20)6-4-12/h2-7,10H,8-9H2,1H3,(H,21,23). The molecule has 1 fully saturated rings. The number of amides is 1. The molecule has 1 N–H and O–H groups in total. The number of carbonyl (C=O) groups excluding carboxylic acids is 2. The molecule has 124 valence electrons. The Morgan fingerprint density at radius 1 is 1.17 bits per heavy atom. The molecule has 0 aliphatic heterocycles. The van der Waals surface area contributed by atoms with Crippen LogP contribution in [0, 0.1) is 5.82 Å². The third kappa shape index (κ3) is 2.99. The van der Waals surface area contributed by atoms with Crippen LogP contribution < -0.4 is 5.32 Å². The zero-order valence-electron chi connectivity index (χ0n) is 12.9. The summed E-state index contributed by atoms with van der Waals surface area (Å²) in [6.45, 7) is 0. The van der Waals surface area contributed by atoms with Gasteiger partial charge in [0, 0.05) is 0 Å². The van der Waals surface area contributed by atoms with Crippen LogP contribution in [-0.2, 0) is 14.9 Å². The van der Waals surface area contributed by atoms with E-state index < -0.39 is 11.4 Å². The summed E-state index contributed by atoms with van der Waals surface area (Å²) in [6, 6.07) is 10.5. The van der Waals surface area contributed by atoms with Crippen LogP contribution in [0.5, 0.6) is 0 Å². The highest BCUT2D eigenvalue weighted by Crippen LogP contribution is 2.49. The molecule has 1 amide bonds. The third-order valence-corrected chi connectivity index (χ3v) is 4.55. The Hall–Kier alpha value is -2.40. The van der Waals surface area contributed by atoms with E-state index in [0.717, 1.165) is 5.56 Å². The molecule has 0 aromatic heterocycles. The Balaban J connectivity index is 1.85. The number of esters is 1. The van der Waals surface area contributed by atoms with Crippen molar-refractivity contribution in [2.45, 2.75) is 18.3 Å². The number of hydrogen-bond donors (Lipinski definition) is 1. The maximum absolute atomic E-state index is 13.1. The fourth-order valence-electron chi connectivity index (χ4n) is 2.65. The molecule has 4 nitrogen and oxygen atoms in total. The van der Waals surface area contributed by atoms with E-state index in [-0.39, 0.29) is 11.7 Å². The molecule has 2 aromatic rings.